The van der Waals surface area contributed by atoms with Crippen molar-refractivity contribution in [3.8, 4) is 0 Å². The summed E-state index contributed by atoms with van der Waals surface area (Å²) >= 11 is 0. The fourth-order valence-electron chi connectivity index (χ4n) is 3.31. The lowest BCUT2D eigenvalue weighted by Gasteiger charge is -2.23. The molecule has 0 bridgehead atoms. The first-order chi connectivity index (χ1) is 11.6. The van der Waals surface area contributed by atoms with E-state index in [1.54, 1.807) is 18.2 Å². The van der Waals surface area contributed by atoms with Crippen LogP contribution in [0.5, 0.6) is 0 Å². The van der Waals surface area contributed by atoms with Crippen LogP contribution in [0.25, 0.3) is 0 Å². The van der Waals surface area contributed by atoms with Crippen molar-refractivity contribution >= 4 is 29.2 Å². The van der Waals surface area contributed by atoms with Crippen LogP contribution in [0.1, 0.15) is 44.1 Å². The molecule has 128 valence electrons. The molecule has 2 saturated heterocycles. The standard InChI is InChI=1S/C18H23N3O3/c1-13-14(19-18(24)20-11-4-2-3-5-12-20)7-6-8-15(13)21-16(22)9-10-17(21)23/h6-8H,2-5,9-12H2,1H3,(H,19,24). The molecular formula is C18H23N3O3. The maximum Gasteiger partial charge on any atom is 0.321 e. The van der Waals surface area contributed by atoms with Gasteiger partial charge in [-0.3, -0.25) is 14.5 Å². The van der Waals surface area contributed by atoms with Crippen LogP contribution in [0.3, 0.4) is 0 Å². The number of nitrogens with one attached hydrogen (secondary N) is 1. The number of carbonyl (C=O) groups is 3. The molecular weight excluding hydrogens is 306 g/mol. The van der Waals surface area contributed by atoms with Gasteiger partial charge in [0.1, 0.15) is 0 Å². The molecule has 1 aromatic carbocycles. The highest BCUT2D eigenvalue weighted by Crippen LogP contribution is 2.30. The topological polar surface area (TPSA) is 69.7 Å². The Balaban J connectivity index is 1.79. The van der Waals surface area contributed by atoms with Crippen molar-refractivity contribution < 1.29 is 14.4 Å². The van der Waals surface area contributed by atoms with Gasteiger partial charge in [-0.2, -0.15) is 0 Å². The van der Waals surface area contributed by atoms with Gasteiger partial charge in [0.05, 0.1) is 5.69 Å². The van der Waals surface area contributed by atoms with E-state index in [1.807, 2.05) is 11.8 Å². The van der Waals surface area contributed by atoms with E-state index in [0.29, 0.717) is 11.4 Å². The van der Waals surface area contributed by atoms with E-state index in [9.17, 15) is 14.4 Å². The van der Waals surface area contributed by atoms with Gasteiger partial charge in [-0.1, -0.05) is 18.9 Å². The molecule has 4 amide bonds. The zero-order valence-corrected chi connectivity index (χ0v) is 14.0. The van der Waals surface area contributed by atoms with Gasteiger partial charge >= 0.3 is 6.03 Å². The predicted molar refractivity (Wildman–Crippen MR) is 92.0 cm³/mol. The normalized spacial score (nSPS) is 18.7. The number of amides is 4. The molecule has 0 atom stereocenters. The number of hydrogen-bond donors (Lipinski definition) is 1. The van der Waals surface area contributed by atoms with Crippen molar-refractivity contribution in [2.24, 2.45) is 0 Å². The summed E-state index contributed by atoms with van der Waals surface area (Å²) in [5.41, 5.74) is 1.95. The quantitative estimate of drug-likeness (QED) is 0.848. The van der Waals surface area contributed by atoms with Crippen molar-refractivity contribution in [1.82, 2.24) is 4.90 Å². The Labute approximate surface area is 141 Å². The summed E-state index contributed by atoms with van der Waals surface area (Å²) in [6, 6.07) is 5.20. The molecule has 0 spiro atoms. The molecule has 24 heavy (non-hydrogen) atoms. The predicted octanol–water partition coefficient (Wildman–Crippen LogP) is 3.06. The molecule has 1 aromatic rings. The highest BCUT2D eigenvalue weighted by Gasteiger charge is 2.31. The molecule has 2 heterocycles. The average Bonchev–Trinajstić information content (AvgIpc) is 2.79. The maximum atomic E-state index is 12.5. The molecule has 1 N–H and O–H groups in total. The number of carbonyl (C=O) groups excluding carboxylic acids is 3. The Morgan fingerprint density at radius 1 is 1.00 bits per heavy atom. The molecule has 6 nitrogen and oxygen atoms in total. The van der Waals surface area contributed by atoms with Gasteiger partial charge < -0.3 is 10.2 Å². The summed E-state index contributed by atoms with van der Waals surface area (Å²) in [6.07, 6.45) is 4.90. The number of imide groups is 1. The van der Waals surface area contributed by atoms with E-state index in [2.05, 4.69) is 5.32 Å². The Morgan fingerprint density at radius 3 is 2.25 bits per heavy atom. The second-order valence-corrected chi connectivity index (χ2v) is 6.40. The van der Waals surface area contributed by atoms with E-state index in [1.165, 1.54) is 4.90 Å². The molecule has 2 aliphatic heterocycles. The van der Waals surface area contributed by atoms with Crippen LogP contribution in [0.15, 0.2) is 18.2 Å². The third-order valence-corrected chi connectivity index (χ3v) is 4.73. The molecule has 2 aliphatic rings. The summed E-state index contributed by atoms with van der Waals surface area (Å²) in [7, 11) is 0. The van der Waals surface area contributed by atoms with Crippen LogP contribution in [0, 0.1) is 6.92 Å². The Morgan fingerprint density at radius 2 is 1.62 bits per heavy atom. The first kappa shape index (κ1) is 16.5. The van der Waals surface area contributed by atoms with Gasteiger partial charge in [-0.25, -0.2) is 4.79 Å². The van der Waals surface area contributed by atoms with Crippen LogP contribution >= 0.6 is 0 Å². The second-order valence-electron chi connectivity index (χ2n) is 6.40. The fourth-order valence-corrected chi connectivity index (χ4v) is 3.31. The van der Waals surface area contributed by atoms with Gasteiger partial charge in [-0.15, -0.1) is 0 Å². The van der Waals surface area contributed by atoms with Crippen molar-refractivity contribution in [2.75, 3.05) is 23.3 Å². The van der Waals surface area contributed by atoms with Crippen LogP contribution < -0.4 is 10.2 Å². The smallest absolute Gasteiger partial charge is 0.321 e. The minimum Gasteiger partial charge on any atom is -0.325 e. The Bertz CT molecular complexity index is 647. The summed E-state index contributed by atoms with van der Waals surface area (Å²) < 4.78 is 0. The number of hydrogen-bond acceptors (Lipinski definition) is 3. The highest BCUT2D eigenvalue weighted by atomic mass is 16.2. The monoisotopic (exact) mass is 329 g/mol. The number of nitrogens with zero attached hydrogens (tertiary/aromatic N) is 2. The van der Waals surface area contributed by atoms with Crippen molar-refractivity contribution in [3.05, 3.63) is 23.8 Å². The van der Waals surface area contributed by atoms with Crippen LogP contribution in [-0.2, 0) is 9.59 Å². The molecule has 3 rings (SSSR count). The summed E-state index contributed by atoms with van der Waals surface area (Å²) in [6.45, 7) is 3.37. The van der Waals surface area contributed by atoms with E-state index in [4.69, 9.17) is 0 Å². The van der Waals surface area contributed by atoms with E-state index in [-0.39, 0.29) is 30.7 Å². The number of benzene rings is 1. The second kappa shape index (κ2) is 7.03. The molecule has 6 heteroatoms. The lowest BCUT2D eigenvalue weighted by Crippen LogP contribution is -2.36. The first-order valence-electron chi connectivity index (χ1n) is 8.59. The zero-order valence-electron chi connectivity index (χ0n) is 14.0. The number of urea groups is 1. The summed E-state index contributed by atoms with van der Waals surface area (Å²) in [4.78, 5) is 39.5. The van der Waals surface area contributed by atoms with Crippen molar-refractivity contribution in [1.29, 1.82) is 0 Å². The van der Waals surface area contributed by atoms with E-state index < -0.39 is 0 Å². The van der Waals surface area contributed by atoms with Gasteiger partial charge in [0, 0.05) is 31.6 Å². The van der Waals surface area contributed by atoms with Crippen LogP contribution in [0.2, 0.25) is 0 Å². The highest BCUT2D eigenvalue weighted by molar-refractivity contribution is 6.20. The van der Waals surface area contributed by atoms with Gasteiger partial charge in [0.2, 0.25) is 11.8 Å². The third-order valence-electron chi connectivity index (χ3n) is 4.73. The summed E-state index contributed by atoms with van der Waals surface area (Å²) in [5, 5.41) is 2.94. The van der Waals surface area contributed by atoms with Crippen LogP contribution in [-0.4, -0.2) is 35.8 Å². The first-order valence-corrected chi connectivity index (χ1v) is 8.59. The third kappa shape index (κ3) is 3.27. The van der Waals surface area contributed by atoms with Crippen molar-refractivity contribution in [3.63, 3.8) is 0 Å². The Hall–Kier alpha value is -2.37. The largest absolute Gasteiger partial charge is 0.325 e. The SMILES string of the molecule is Cc1c(NC(=O)N2CCCCCC2)cccc1N1C(=O)CCC1=O. The van der Waals surface area contributed by atoms with Crippen LogP contribution in [0.4, 0.5) is 16.2 Å². The van der Waals surface area contributed by atoms with Crippen molar-refractivity contribution in [2.45, 2.75) is 45.4 Å². The molecule has 0 unspecified atom stereocenters. The minimum atomic E-state index is -0.181. The molecule has 0 aliphatic carbocycles. The lowest BCUT2D eigenvalue weighted by molar-refractivity contribution is -0.121. The zero-order chi connectivity index (χ0) is 17.1. The Kier molecular flexibility index (Phi) is 4.83. The summed E-state index contributed by atoms with van der Waals surface area (Å²) in [5.74, 6) is -0.363. The maximum absolute atomic E-state index is 12.5. The number of anilines is 2. The average molecular weight is 329 g/mol. The van der Waals surface area contributed by atoms with E-state index >= 15 is 0 Å². The molecule has 0 aromatic heterocycles. The van der Waals surface area contributed by atoms with E-state index in [0.717, 1.165) is 44.3 Å². The molecule has 0 radical (unpaired) electrons. The lowest BCUT2D eigenvalue weighted by atomic mass is 10.1. The molecule has 2 fully saturated rings. The number of rotatable bonds is 2. The minimum absolute atomic E-state index is 0.115. The van der Waals surface area contributed by atoms with Gasteiger partial charge in [0.25, 0.3) is 0 Å². The van der Waals surface area contributed by atoms with Gasteiger partial charge in [-0.05, 0) is 37.5 Å². The number of likely N-dealkylation sites (tertiary alicyclic amines) is 1. The fraction of sp³-hybridized carbons (Fsp3) is 0.500. The van der Waals surface area contributed by atoms with Gasteiger partial charge in [0.15, 0.2) is 0 Å². The molecule has 0 saturated carbocycles.